The molecule has 1 aromatic carbocycles. The van der Waals surface area contributed by atoms with E-state index in [1.165, 1.54) is 18.2 Å². The lowest BCUT2D eigenvalue weighted by Gasteiger charge is -2.30. The van der Waals surface area contributed by atoms with E-state index in [1.54, 1.807) is 0 Å². The number of rotatable bonds is 3. The third kappa shape index (κ3) is 3.40. The molecule has 1 N–H and O–H groups in total. The van der Waals surface area contributed by atoms with Gasteiger partial charge in [-0.25, -0.2) is 4.39 Å². The van der Waals surface area contributed by atoms with E-state index in [4.69, 9.17) is 23.2 Å². The SMILES string of the molecule is O=C(NC1CCCCC1CCl)c1c(F)cccc1Cl. The van der Waals surface area contributed by atoms with Crippen LogP contribution in [0.2, 0.25) is 5.02 Å². The summed E-state index contributed by atoms with van der Waals surface area (Å²) in [6.07, 6.45) is 4.07. The molecule has 0 spiro atoms. The van der Waals surface area contributed by atoms with Gasteiger partial charge < -0.3 is 5.32 Å². The van der Waals surface area contributed by atoms with Crippen LogP contribution < -0.4 is 5.32 Å². The van der Waals surface area contributed by atoms with Gasteiger partial charge in [0, 0.05) is 11.9 Å². The summed E-state index contributed by atoms with van der Waals surface area (Å²) in [7, 11) is 0. The number of hydrogen-bond acceptors (Lipinski definition) is 1. The van der Waals surface area contributed by atoms with Crippen LogP contribution in [0.25, 0.3) is 0 Å². The first-order chi connectivity index (χ1) is 9.13. The van der Waals surface area contributed by atoms with Gasteiger partial charge in [-0.2, -0.15) is 0 Å². The van der Waals surface area contributed by atoms with Crippen molar-refractivity contribution in [3.63, 3.8) is 0 Å². The minimum Gasteiger partial charge on any atom is -0.349 e. The first-order valence-corrected chi connectivity index (χ1v) is 7.35. The highest BCUT2D eigenvalue weighted by Gasteiger charge is 2.27. The van der Waals surface area contributed by atoms with Gasteiger partial charge in [-0.3, -0.25) is 4.79 Å². The third-order valence-corrected chi connectivity index (χ3v) is 4.32. The minimum absolute atomic E-state index is 0.00872. The fourth-order valence-corrected chi connectivity index (χ4v) is 3.16. The predicted octanol–water partition coefficient (Wildman–Crippen LogP) is 4.01. The average Bonchev–Trinajstić information content (AvgIpc) is 2.39. The van der Waals surface area contributed by atoms with Crippen molar-refractivity contribution in [2.45, 2.75) is 31.7 Å². The highest BCUT2D eigenvalue weighted by molar-refractivity contribution is 6.33. The van der Waals surface area contributed by atoms with Gasteiger partial charge in [-0.15, -0.1) is 11.6 Å². The third-order valence-electron chi connectivity index (χ3n) is 3.61. The fourth-order valence-electron chi connectivity index (χ4n) is 2.54. The summed E-state index contributed by atoms with van der Waals surface area (Å²) in [4.78, 5) is 12.1. The Kier molecular flexibility index (Phi) is 5.06. The Bertz CT molecular complexity index is 447. The number of nitrogens with one attached hydrogen (secondary N) is 1. The number of carbonyl (C=O) groups excluding carboxylic acids is 1. The van der Waals surface area contributed by atoms with E-state index in [-0.39, 0.29) is 22.5 Å². The second kappa shape index (κ2) is 6.58. The summed E-state index contributed by atoms with van der Waals surface area (Å²) in [5.74, 6) is -0.283. The van der Waals surface area contributed by atoms with Gasteiger partial charge in [0.25, 0.3) is 5.91 Å². The van der Waals surface area contributed by atoms with Crippen molar-refractivity contribution in [1.29, 1.82) is 0 Å². The van der Waals surface area contributed by atoms with Crippen LogP contribution in [0.4, 0.5) is 4.39 Å². The van der Waals surface area contributed by atoms with Gasteiger partial charge in [0.2, 0.25) is 0 Å². The zero-order chi connectivity index (χ0) is 13.8. The van der Waals surface area contributed by atoms with Gasteiger partial charge >= 0.3 is 0 Å². The fraction of sp³-hybridized carbons (Fsp3) is 0.500. The van der Waals surface area contributed by atoms with E-state index in [0.717, 1.165) is 25.7 Å². The monoisotopic (exact) mass is 303 g/mol. The lowest BCUT2D eigenvalue weighted by atomic mass is 9.85. The van der Waals surface area contributed by atoms with Gasteiger partial charge in [0.15, 0.2) is 0 Å². The minimum atomic E-state index is -0.594. The Morgan fingerprint density at radius 1 is 1.37 bits per heavy atom. The molecule has 0 bridgehead atoms. The largest absolute Gasteiger partial charge is 0.349 e. The van der Waals surface area contributed by atoms with Crippen LogP contribution in [0.15, 0.2) is 18.2 Å². The molecular formula is C14H16Cl2FNO. The maximum atomic E-state index is 13.7. The summed E-state index contributed by atoms with van der Waals surface area (Å²) in [6.45, 7) is 0. The lowest BCUT2D eigenvalue weighted by molar-refractivity contribution is 0.0907. The Hall–Kier alpha value is -0.800. The number of hydrogen-bond donors (Lipinski definition) is 1. The van der Waals surface area contributed by atoms with Crippen molar-refractivity contribution in [2.75, 3.05) is 5.88 Å². The molecular weight excluding hydrogens is 288 g/mol. The van der Waals surface area contributed by atoms with E-state index in [9.17, 15) is 9.18 Å². The molecule has 0 aliphatic heterocycles. The highest BCUT2D eigenvalue weighted by atomic mass is 35.5. The maximum Gasteiger partial charge on any atom is 0.256 e. The topological polar surface area (TPSA) is 29.1 Å². The van der Waals surface area contributed by atoms with E-state index in [0.29, 0.717) is 5.88 Å². The summed E-state index contributed by atoms with van der Waals surface area (Å²) >= 11 is 11.8. The van der Waals surface area contributed by atoms with Crippen molar-refractivity contribution < 1.29 is 9.18 Å². The van der Waals surface area contributed by atoms with Crippen LogP contribution in [0.3, 0.4) is 0 Å². The second-order valence-electron chi connectivity index (χ2n) is 4.88. The molecule has 104 valence electrons. The standard InChI is InChI=1S/C14H16Cl2FNO/c15-8-9-4-1-2-7-12(9)18-14(19)13-10(16)5-3-6-11(13)17/h3,5-6,9,12H,1-2,4,7-8H2,(H,18,19). The van der Waals surface area contributed by atoms with E-state index >= 15 is 0 Å². The molecule has 0 radical (unpaired) electrons. The van der Waals surface area contributed by atoms with Crippen molar-refractivity contribution in [1.82, 2.24) is 5.32 Å². The Morgan fingerprint density at radius 2 is 2.11 bits per heavy atom. The Morgan fingerprint density at radius 3 is 2.79 bits per heavy atom. The number of amides is 1. The lowest BCUT2D eigenvalue weighted by Crippen LogP contribution is -2.43. The zero-order valence-electron chi connectivity index (χ0n) is 10.5. The zero-order valence-corrected chi connectivity index (χ0v) is 12.0. The predicted molar refractivity (Wildman–Crippen MR) is 75.3 cm³/mol. The number of alkyl halides is 1. The molecule has 2 unspecified atom stereocenters. The first-order valence-electron chi connectivity index (χ1n) is 6.44. The van der Waals surface area contributed by atoms with Crippen molar-refractivity contribution in [2.24, 2.45) is 5.92 Å². The summed E-state index contributed by atoms with van der Waals surface area (Å²) in [5, 5.41) is 3.00. The van der Waals surface area contributed by atoms with Crippen molar-refractivity contribution in [3.05, 3.63) is 34.6 Å². The normalized spacial score (nSPS) is 23.1. The smallest absolute Gasteiger partial charge is 0.256 e. The molecule has 1 aliphatic carbocycles. The van der Waals surface area contributed by atoms with Crippen LogP contribution >= 0.6 is 23.2 Å². The second-order valence-corrected chi connectivity index (χ2v) is 5.59. The molecule has 0 aromatic heterocycles. The Labute approximate surface area is 122 Å². The van der Waals surface area contributed by atoms with Crippen LogP contribution in [0.1, 0.15) is 36.0 Å². The molecule has 0 saturated heterocycles. The van der Waals surface area contributed by atoms with Gasteiger partial charge in [0.05, 0.1) is 10.6 Å². The summed E-state index contributed by atoms with van der Waals surface area (Å²) in [6, 6.07) is 4.24. The quantitative estimate of drug-likeness (QED) is 0.840. The molecule has 19 heavy (non-hydrogen) atoms. The number of halogens is 3. The van der Waals surface area contributed by atoms with Gasteiger partial charge in [-0.05, 0) is 30.9 Å². The molecule has 5 heteroatoms. The number of carbonyl (C=O) groups is 1. The van der Waals surface area contributed by atoms with Crippen molar-refractivity contribution in [3.8, 4) is 0 Å². The summed E-state index contributed by atoms with van der Waals surface area (Å²) < 4.78 is 13.7. The van der Waals surface area contributed by atoms with E-state index in [1.807, 2.05) is 0 Å². The molecule has 1 aliphatic rings. The molecule has 1 amide bonds. The molecule has 1 aromatic rings. The maximum absolute atomic E-state index is 13.7. The van der Waals surface area contributed by atoms with E-state index in [2.05, 4.69) is 5.32 Å². The van der Waals surface area contributed by atoms with Crippen LogP contribution in [0, 0.1) is 11.7 Å². The van der Waals surface area contributed by atoms with Gasteiger partial charge in [-0.1, -0.05) is 30.5 Å². The average molecular weight is 304 g/mol. The molecule has 2 atom stereocenters. The molecule has 1 fully saturated rings. The number of benzene rings is 1. The Balaban J connectivity index is 2.12. The van der Waals surface area contributed by atoms with Crippen LogP contribution in [0.5, 0.6) is 0 Å². The highest BCUT2D eigenvalue weighted by Crippen LogP contribution is 2.26. The molecule has 2 nitrogen and oxygen atoms in total. The van der Waals surface area contributed by atoms with Gasteiger partial charge in [0.1, 0.15) is 5.82 Å². The molecule has 0 heterocycles. The molecule has 1 saturated carbocycles. The van der Waals surface area contributed by atoms with Crippen LogP contribution in [-0.4, -0.2) is 17.8 Å². The first kappa shape index (κ1) is 14.6. The van der Waals surface area contributed by atoms with Crippen LogP contribution in [-0.2, 0) is 0 Å². The molecule has 2 rings (SSSR count). The van der Waals surface area contributed by atoms with Crippen molar-refractivity contribution >= 4 is 29.1 Å². The summed E-state index contributed by atoms with van der Waals surface area (Å²) in [5.41, 5.74) is -0.0805. The van der Waals surface area contributed by atoms with E-state index < -0.39 is 11.7 Å².